The van der Waals surface area contributed by atoms with Crippen LogP contribution in [0.5, 0.6) is 17.2 Å². The second kappa shape index (κ2) is 9.83. The summed E-state index contributed by atoms with van der Waals surface area (Å²) in [5, 5.41) is 2.98. The summed E-state index contributed by atoms with van der Waals surface area (Å²) in [5.41, 5.74) is 0.638. The molecule has 1 aromatic rings. The third-order valence-corrected chi connectivity index (χ3v) is 5.40. The molecular formula is C21H34N2O4. The van der Waals surface area contributed by atoms with Gasteiger partial charge in [0.1, 0.15) is 0 Å². The fourth-order valence-corrected chi connectivity index (χ4v) is 3.82. The molecule has 0 aromatic heterocycles. The molecule has 1 heterocycles. The number of carbonyl (C=O) groups excluding carboxylic acids is 1. The first-order valence-corrected chi connectivity index (χ1v) is 9.73. The van der Waals surface area contributed by atoms with Crippen LogP contribution in [0.3, 0.4) is 0 Å². The van der Waals surface area contributed by atoms with Crippen LogP contribution in [0.25, 0.3) is 0 Å². The third-order valence-electron chi connectivity index (χ3n) is 5.40. The fraction of sp³-hybridized carbons (Fsp3) is 0.667. The molecule has 0 saturated carbocycles. The summed E-state index contributed by atoms with van der Waals surface area (Å²) in [6, 6.07) is 3.95. The van der Waals surface area contributed by atoms with E-state index in [0.29, 0.717) is 41.4 Å². The first-order valence-electron chi connectivity index (χ1n) is 9.73. The van der Waals surface area contributed by atoms with E-state index >= 15 is 0 Å². The minimum atomic E-state index is -0.0236. The van der Waals surface area contributed by atoms with E-state index in [1.165, 1.54) is 6.42 Å². The number of carbonyl (C=O) groups is 1. The number of methoxy groups -OCH3 is 3. The molecule has 1 N–H and O–H groups in total. The highest BCUT2D eigenvalue weighted by molar-refractivity contribution is 5.93. The molecule has 0 bridgehead atoms. The van der Waals surface area contributed by atoms with Crippen molar-refractivity contribution >= 4 is 11.6 Å². The van der Waals surface area contributed by atoms with Crippen LogP contribution >= 0.6 is 0 Å². The van der Waals surface area contributed by atoms with Gasteiger partial charge in [0, 0.05) is 23.9 Å². The van der Waals surface area contributed by atoms with Gasteiger partial charge < -0.3 is 19.5 Å². The molecule has 2 atom stereocenters. The van der Waals surface area contributed by atoms with Crippen LogP contribution in [0.1, 0.15) is 40.0 Å². The van der Waals surface area contributed by atoms with Crippen LogP contribution in [0, 0.1) is 11.8 Å². The minimum Gasteiger partial charge on any atom is -0.493 e. The number of nitrogens with zero attached hydrogens (tertiary/aromatic N) is 1. The zero-order valence-corrected chi connectivity index (χ0v) is 17.5. The van der Waals surface area contributed by atoms with Crippen molar-refractivity contribution in [2.75, 3.05) is 39.7 Å². The van der Waals surface area contributed by atoms with Gasteiger partial charge in [-0.1, -0.05) is 20.8 Å². The Morgan fingerprint density at radius 1 is 1.11 bits per heavy atom. The van der Waals surface area contributed by atoms with Gasteiger partial charge in [-0.2, -0.15) is 0 Å². The van der Waals surface area contributed by atoms with E-state index < -0.39 is 0 Å². The fourth-order valence-electron chi connectivity index (χ4n) is 3.82. The molecule has 1 saturated heterocycles. The Bertz CT molecular complexity index is 608. The topological polar surface area (TPSA) is 60.0 Å². The number of anilines is 1. The summed E-state index contributed by atoms with van der Waals surface area (Å²) in [5.74, 6) is 2.79. The number of benzene rings is 1. The Morgan fingerprint density at radius 2 is 1.74 bits per heavy atom. The molecule has 27 heavy (non-hydrogen) atoms. The first kappa shape index (κ1) is 21.4. The Hall–Kier alpha value is -1.95. The van der Waals surface area contributed by atoms with Gasteiger partial charge in [-0.25, -0.2) is 0 Å². The normalized spacial score (nSPS) is 20.9. The SMILES string of the molecule is COc1cc(NC(=O)CN2CCC(C)CCC2C(C)C)cc(OC)c1OC. The van der Waals surface area contributed by atoms with Crippen molar-refractivity contribution in [2.45, 2.75) is 46.1 Å². The maximum atomic E-state index is 12.7. The Balaban J connectivity index is 2.12. The lowest BCUT2D eigenvalue weighted by Gasteiger charge is -2.32. The summed E-state index contributed by atoms with van der Waals surface area (Å²) in [4.78, 5) is 15.1. The maximum absolute atomic E-state index is 12.7. The molecule has 0 aliphatic carbocycles. The van der Waals surface area contributed by atoms with Crippen LogP contribution in [0.15, 0.2) is 12.1 Å². The lowest BCUT2D eigenvalue weighted by Crippen LogP contribution is -2.43. The summed E-state index contributed by atoms with van der Waals surface area (Å²) >= 11 is 0. The minimum absolute atomic E-state index is 0.0236. The first-order chi connectivity index (χ1) is 12.9. The molecule has 1 aliphatic heterocycles. The number of rotatable bonds is 7. The van der Waals surface area contributed by atoms with Gasteiger partial charge in [-0.3, -0.25) is 9.69 Å². The van der Waals surface area contributed by atoms with Gasteiger partial charge in [0.2, 0.25) is 11.7 Å². The Morgan fingerprint density at radius 3 is 2.26 bits per heavy atom. The van der Waals surface area contributed by atoms with Crippen molar-refractivity contribution in [3.8, 4) is 17.2 Å². The molecule has 152 valence electrons. The van der Waals surface area contributed by atoms with Crippen molar-refractivity contribution < 1.29 is 19.0 Å². The van der Waals surface area contributed by atoms with Crippen LogP contribution in [-0.2, 0) is 4.79 Å². The summed E-state index contributed by atoms with van der Waals surface area (Å²) in [7, 11) is 4.69. The van der Waals surface area contributed by atoms with Gasteiger partial charge in [-0.05, 0) is 37.6 Å². The molecule has 1 fully saturated rings. The summed E-state index contributed by atoms with van der Waals surface area (Å²) in [6.45, 7) is 8.14. The van der Waals surface area contributed by atoms with Gasteiger partial charge in [-0.15, -0.1) is 0 Å². The predicted octanol–water partition coefficient (Wildman–Crippen LogP) is 3.80. The highest BCUT2D eigenvalue weighted by Crippen LogP contribution is 2.40. The standard InChI is InChI=1S/C21H34N2O4/c1-14(2)17-8-7-15(3)9-10-23(17)13-20(24)22-16-11-18(25-4)21(27-6)19(12-16)26-5/h11-12,14-15,17H,7-10,13H2,1-6H3,(H,22,24). The van der Waals surface area contributed by atoms with Crippen LogP contribution < -0.4 is 19.5 Å². The smallest absolute Gasteiger partial charge is 0.238 e. The molecule has 1 aromatic carbocycles. The van der Waals surface area contributed by atoms with E-state index in [4.69, 9.17) is 14.2 Å². The van der Waals surface area contributed by atoms with Gasteiger partial charge in [0.25, 0.3) is 0 Å². The lowest BCUT2D eigenvalue weighted by molar-refractivity contribution is -0.118. The zero-order chi connectivity index (χ0) is 20.0. The van der Waals surface area contributed by atoms with Crippen LogP contribution in [0.2, 0.25) is 0 Å². The molecule has 1 aliphatic rings. The molecule has 0 radical (unpaired) electrons. The van der Waals surface area contributed by atoms with E-state index in [1.54, 1.807) is 33.5 Å². The molecule has 1 amide bonds. The van der Waals surface area contributed by atoms with Crippen molar-refractivity contribution in [1.29, 1.82) is 0 Å². The summed E-state index contributed by atoms with van der Waals surface area (Å²) in [6.07, 6.45) is 3.52. The second-order valence-corrected chi connectivity index (χ2v) is 7.72. The number of hydrogen-bond donors (Lipinski definition) is 1. The zero-order valence-electron chi connectivity index (χ0n) is 17.5. The maximum Gasteiger partial charge on any atom is 0.238 e. The average Bonchev–Trinajstić information content (AvgIpc) is 2.82. The number of nitrogens with one attached hydrogen (secondary N) is 1. The molecule has 2 rings (SSSR count). The van der Waals surface area contributed by atoms with Crippen molar-refractivity contribution in [1.82, 2.24) is 4.90 Å². The molecule has 6 heteroatoms. The number of likely N-dealkylation sites (tertiary alicyclic amines) is 1. The van der Waals surface area contributed by atoms with Gasteiger partial charge >= 0.3 is 0 Å². The second-order valence-electron chi connectivity index (χ2n) is 7.72. The predicted molar refractivity (Wildman–Crippen MR) is 108 cm³/mol. The Kier molecular flexibility index (Phi) is 7.78. The van der Waals surface area contributed by atoms with Crippen molar-refractivity contribution in [3.63, 3.8) is 0 Å². The number of ether oxygens (including phenoxy) is 3. The Labute approximate surface area is 163 Å². The van der Waals surface area contributed by atoms with Crippen LogP contribution in [-0.4, -0.2) is 51.3 Å². The van der Waals surface area contributed by atoms with Crippen molar-refractivity contribution in [3.05, 3.63) is 12.1 Å². The lowest BCUT2D eigenvalue weighted by atomic mass is 9.95. The van der Waals surface area contributed by atoms with E-state index in [0.717, 1.165) is 25.3 Å². The number of hydrogen-bond acceptors (Lipinski definition) is 5. The van der Waals surface area contributed by atoms with E-state index in [2.05, 4.69) is 31.0 Å². The summed E-state index contributed by atoms with van der Waals surface area (Å²) < 4.78 is 16.1. The van der Waals surface area contributed by atoms with Crippen molar-refractivity contribution in [2.24, 2.45) is 11.8 Å². The molecule has 0 spiro atoms. The molecular weight excluding hydrogens is 344 g/mol. The highest BCUT2D eigenvalue weighted by Gasteiger charge is 2.27. The number of amides is 1. The van der Waals surface area contributed by atoms with Gasteiger partial charge in [0.05, 0.1) is 27.9 Å². The van der Waals surface area contributed by atoms with E-state index in [1.807, 2.05) is 0 Å². The third kappa shape index (κ3) is 5.51. The van der Waals surface area contributed by atoms with E-state index in [-0.39, 0.29) is 5.91 Å². The average molecular weight is 379 g/mol. The molecule has 2 unspecified atom stereocenters. The van der Waals surface area contributed by atoms with Gasteiger partial charge in [0.15, 0.2) is 11.5 Å². The van der Waals surface area contributed by atoms with E-state index in [9.17, 15) is 4.79 Å². The largest absolute Gasteiger partial charge is 0.493 e. The monoisotopic (exact) mass is 378 g/mol. The quantitative estimate of drug-likeness (QED) is 0.782. The van der Waals surface area contributed by atoms with Crippen LogP contribution in [0.4, 0.5) is 5.69 Å². The molecule has 6 nitrogen and oxygen atoms in total. The highest BCUT2D eigenvalue weighted by atomic mass is 16.5.